The van der Waals surface area contributed by atoms with E-state index >= 15 is 0 Å². The zero-order chi connectivity index (χ0) is 19.8. The van der Waals surface area contributed by atoms with E-state index in [0.29, 0.717) is 10.7 Å². The smallest absolute Gasteiger partial charge is 0.338 e. The molecule has 0 bridgehead atoms. The lowest BCUT2D eigenvalue weighted by atomic mass is 10.1. The van der Waals surface area contributed by atoms with Crippen molar-refractivity contribution in [3.63, 3.8) is 0 Å². The summed E-state index contributed by atoms with van der Waals surface area (Å²) in [5.74, 6) is -1.38. The number of aryl methyl sites for hydroxylation is 1. The van der Waals surface area contributed by atoms with E-state index in [0.717, 1.165) is 16.6 Å². The molecule has 1 aliphatic rings. The molecule has 144 valence electrons. The van der Waals surface area contributed by atoms with Crippen LogP contribution in [0.25, 0.3) is 10.9 Å². The summed E-state index contributed by atoms with van der Waals surface area (Å²) in [6.45, 7) is 0.417. The Morgan fingerprint density at radius 1 is 1.30 bits per heavy atom. The molecular formula is C18H19F3N4O2. The summed E-state index contributed by atoms with van der Waals surface area (Å²) in [6.07, 6.45) is -4.69. The number of benzene rings is 1. The maximum absolute atomic E-state index is 12.6. The molecule has 1 aromatic carbocycles. The second kappa shape index (κ2) is 7.13. The Balaban J connectivity index is 1.69. The predicted molar refractivity (Wildman–Crippen MR) is 91.5 cm³/mol. The van der Waals surface area contributed by atoms with E-state index in [2.05, 4.69) is 9.97 Å². The largest absolute Gasteiger partial charge is 0.406 e. The number of likely N-dealkylation sites (tertiary alicyclic amines) is 1. The highest BCUT2D eigenvalue weighted by atomic mass is 19.4. The van der Waals surface area contributed by atoms with Crippen molar-refractivity contribution in [3.8, 4) is 0 Å². The molecule has 0 N–H and O–H groups in total. The van der Waals surface area contributed by atoms with Crippen LogP contribution < -0.4 is 0 Å². The first-order valence-corrected chi connectivity index (χ1v) is 8.46. The summed E-state index contributed by atoms with van der Waals surface area (Å²) in [6, 6.07) is 7.49. The molecule has 1 saturated heterocycles. The van der Waals surface area contributed by atoms with Gasteiger partial charge in [0.1, 0.15) is 12.4 Å². The number of carbonyl (C=O) groups is 2. The summed E-state index contributed by atoms with van der Waals surface area (Å²) < 4.78 is 37.5. The van der Waals surface area contributed by atoms with E-state index in [1.54, 1.807) is 0 Å². The first-order valence-electron chi connectivity index (χ1n) is 8.46. The second-order valence-corrected chi connectivity index (χ2v) is 6.73. The van der Waals surface area contributed by atoms with E-state index in [9.17, 15) is 22.8 Å². The number of amides is 2. The molecule has 27 heavy (non-hydrogen) atoms. The molecule has 1 aliphatic heterocycles. The first kappa shape index (κ1) is 19.1. The first-order chi connectivity index (χ1) is 12.6. The topological polar surface area (TPSA) is 66.4 Å². The fourth-order valence-electron chi connectivity index (χ4n) is 3.27. The van der Waals surface area contributed by atoms with Gasteiger partial charge in [0.2, 0.25) is 11.8 Å². The standard InChI is InChI=1S/C18H19F3N4O2/c1-11-13-5-3-4-6-14(13)23-15(22-11)9-24(2)17(27)12-7-16(26)25(8-12)10-18(19,20)21/h3-6,12H,7-10H2,1-2H3. The van der Waals surface area contributed by atoms with Gasteiger partial charge in [-0.15, -0.1) is 0 Å². The number of hydrogen-bond acceptors (Lipinski definition) is 4. The third kappa shape index (κ3) is 4.35. The number of nitrogens with zero attached hydrogens (tertiary/aromatic N) is 4. The van der Waals surface area contributed by atoms with Crippen LogP contribution in [0.3, 0.4) is 0 Å². The fraction of sp³-hybridized carbons (Fsp3) is 0.444. The van der Waals surface area contributed by atoms with Crippen molar-refractivity contribution < 1.29 is 22.8 Å². The normalized spacial score (nSPS) is 17.6. The highest BCUT2D eigenvalue weighted by Crippen LogP contribution is 2.25. The molecule has 0 aliphatic carbocycles. The van der Waals surface area contributed by atoms with Gasteiger partial charge in [-0.1, -0.05) is 18.2 Å². The number of aromatic nitrogens is 2. The Labute approximate surface area is 154 Å². The predicted octanol–water partition coefficient (Wildman–Crippen LogP) is 2.31. The van der Waals surface area contributed by atoms with E-state index in [-0.39, 0.29) is 25.4 Å². The molecule has 2 amide bonds. The molecule has 1 atom stereocenters. The highest BCUT2D eigenvalue weighted by molar-refractivity contribution is 5.89. The van der Waals surface area contributed by atoms with E-state index in [1.807, 2.05) is 31.2 Å². The van der Waals surface area contributed by atoms with Crippen LogP contribution in [0.2, 0.25) is 0 Å². The van der Waals surface area contributed by atoms with Gasteiger partial charge in [0.05, 0.1) is 18.0 Å². The van der Waals surface area contributed by atoms with Gasteiger partial charge in [0, 0.05) is 31.1 Å². The number of fused-ring (bicyclic) bond motifs is 1. The number of carbonyl (C=O) groups excluding carboxylic acids is 2. The lowest BCUT2D eigenvalue weighted by Crippen LogP contribution is -2.37. The molecule has 2 heterocycles. The monoisotopic (exact) mass is 380 g/mol. The molecule has 2 aromatic rings. The van der Waals surface area contributed by atoms with Crippen LogP contribution in [0.4, 0.5) is 13.2 Å². The molecule has 1 fully saturated rings. The second-order valence-electron chi connectivity index (χ2n) is 6.73. The number of halogens is 3. The van der Waals surface area contributed by atoms with Gasteiger partial charge in [-0.3, -0.25) is 9.59 Å². The van der Waals surface area contributed by atoms with Crippen LogP contribution in [0, 0.1) is 12.8 Å². The maximum Gasteiger partial charge on any atom is 0.406 e. The van der Waals surface area contributed by atoms with E-state index in [4.69, 9.17) is 0 Å². The minimum atomic E-state index is -4.48. The van der Waals surface area contributed by atoms with Gasteiger partial charge >= 0.3 is 6.18 Å². The number of para-hydroxylation sites is 1. The Kier molecular flexibility index (Phi) is 5.03. The van der Waals surface area contributed by atoms with Crippen molar-refractivity contribution in [2.45, 2.75) is 26.1 Å². The van der Waals surface area contributed by atoms with Crippen LogP contribution in [-0.2, 0) is 16.1 Å². The third-order valence-electron chi connectivity index (χ3n) is 4.53. The summed E-state index contributed by atoms with van der Waals surface area (Å²) in [7, 11) is 1.53. The summed E-state index contributed by atoms with van der Waals surface area (Å²) in [5.41, 5.74) is 1.54. The third-order valence-corrected chi connectivity index (χ3v) is 4.53. The van der Waals surface area contributed by atoms with Gasteiger partial charge in [-0.25, -0.2) is 9.97 Å². The fourth-order valence-corrected chi connectivity index (χ4v) is 3.27. The van der Waals surface area contributed by atoms with Crippen molar-refractivity contribution in [1.82, 2.24) is 19.8 Å². The number of rotatable bonds is 4. The average Bonchev–Trinajstić information content (AvgIpc) is 2.93. The van der Waals surface area contributed by atoms with Gasteiger partial charge in [0.15, 0.2) is 0 Å². The van der Waals surface area contributed by atoms with Crippen LogP contribution in [0.15, 0.2) is 24.3 Å². The minimum Gasteiger partial charge on any atom is -0.338 e. The van der Waals surface area contributed by atoms with Crippen LogP contribution in [0.1, 0.15) is 17.9 Å². The van der Waals surface area contributed by atoms with Crippen molar-refractivity contribution in [2.24, 2.45) is 5.92 Å². The Bertz CT molecular complexity index is 885. The average molecular weight is 380 g/mol. The molecule has 1 aromatic heterocycles. The Morgan fingerprint density at radius 3 is 2.70 bits per heavy atom. The highest BCUT2D eigenvalue weighted by Gasteiger charge is 2.41. The van der Waals surface area contributed by atoms with Gasteiger partial charge in [0.25, 0.3) is 0 Å². The molecule has 6 nitrogen and oxygen atoms in total. The molecule has 9 heteroatoms. The summed E-state index contributed by atoms with van der Waals surface area (Å²) >= 11 is 0. The lowest BCUT2D eigenvalue weighted by Gasteiger charge is -2.21. The van der Waals surface area contributed by atoms with Crippen molar-refractivity contribution in [2.75, 3.05) is 20.1 Å². The molecular weight excluding hydrogens is 361 g/mol. The van der Waals surface area contributed by atoms with Crippen LogP contribution in [0.5, 0.6) is 0 Å². The Hall–Kier alpha value is -2.71. The van der Waals surface area contributed by atoms with Crippen molar-refractivity contribution in [1.29, 1.82) is 0 Å². The molecule has 0 spiro atoms. The summed E-state index contributed by atoms with van der Waals surface area (Å²) in [4.78, 5) is 35.2. The van der Waals surface area contributed by atoms with Gasteiger partial charge < -0.3 is 9.80 Å². The van der Waals surface area contributed by atoms with Crippen molar-refractivity contribution >= 4 is 22.7 Å². The zero-order valence-electron chi connectivity index (χ0n) is 15.0. The van der Waals surface area contributed by atoms with Crippen molar-refractivity contribution in [3.05, 3.63) is 35.8 Å². The van der Waals surface area contributed by atoms with Gasteiger partial charge in [-0.2, -0.15) is 13.2 Å². The Morgan fingerprint density at radius 2 is 2.00 bits per heavy atom. The van der Waals surface area contributed by atoms with E-state index < -0.39 is 24.5 Å². The maximum atomic E-state index is 12.6. The zero-order valence-corrected chi connectivity index (χ0v) is 15.0. The molecule has 0 radical (unpaired) electrons. The van der Waals surface area contributed by atoms with Gasteiger partial charge in [-0.05, 0) is 13.0 Å². The quantitative estimate of drug-likeness (QED) is 0.817. The van der Waals surface area contributed by atoms with Crippen LogP contribution in [-0.4, -0.2) is 57.9 Å². The van der Waals surface area contributed by atoms with Crippen LogP contribution >= 0.6 is 0 Å². The molecule has 0 saturated carbocycles. The summed E-state index contributed by atoms with van der Waals surface area (Å²) in [5, 5.41) is 0.916. The lowest BCUT2D eigenvalue weighted by molar-refractivity contribution is -0.157. The number of hydrogen-bond donors (Lipinski definition) is 0. The minimum absolute atomic E-state index is 0.120. The van der Waals surface area contributed by atoms with E-state index in [1.165, 1.54) is 11.9 Å². The molecule has 3 rings (SSSR count). The SMILES string of the molecule is Cc1nc(CN(C)C(=O)C2CC(=O)N(CC(F)(F)F)C2)nc2ccccc12. The molecule has 1 unspecified atom stereocenters. The number of alkyl halides is 3.